The van der Waals surface area contributed by atoms with Crippen molar-refractivity contribution >= 4 is 5.97 Å². The summed E-state index contributed by atoms with van der Waals surface area (Å²) in [6.45, 7) is 5.26. The number of carboxylic acid groups (broad SMARTS) is 1. The van der Waals surface area contributed by atoms with E-state index in [-0.39, 0.29) is 5.69 Å². The summed E-state index contributed by atoms with van der Waals surface area (Å²) in [7, 11) is 0. The van der Waals surface area contributed by atoms with Gasteiger partial charge in [0.2, 0.25) is 0 Å². The van der Waals surface area contributed by atoms with E-state index in [1.807, 2.05) is 6.92 Å². The van der Waals surface area contributed by atoms with Crippen LogP contribution < -0.4 is 0 Å². The van der Waals surface area contributed by atoms with Crippen LogP contribution in [0.15, 0.2) is 0 Å². The van der Waals surface area contributed by atoms with Crippen LogP contribution in [0.1, 0.15) is 23.1 Å². The van der Waals surface area contributed by atoms with Crippen LogP contribution in [0, 0.1) is 6.92 Å². The Morgan fingerprint density at radius 2 is 2.36 bits per heavy atom. The summed E-state index contributed by atoms with van der Waals surface area (Å²) in [5.41, 5.74) is 0.554. The second kappa shape index (κ2) is 4.71. The summed E-state index contributed by atoms with van der Waals surface area (Å²) < 4.78 is 6.65. The number of rotatable bonds is 5. The van der Waals surface area contributed by atoms with Gasteiger partial charge in [-0.15, -0.1) is 5.10 Å². The van der Waals surface area contributed by atoms with Gasteiger partial charge in [0, 0.05) is 6.61 Å². The molecule has 0 saturated heterocycles. The second-order valence-corrected chi connectivity index (χ2v) is 2.75. The Balaban J connectivity index is 2.65. The molecule has 6 nitrogen and oxygen atoms in total. The van der Waals surface area contributed by atoms with Gasteiger partial charge in [0.25, 0.3) is 0 Å². The standard InChI is InChI=1S/C8H13N3O3/c1-3-14-5-4-11-6(2)7(8(12)13)9-10-11/h3-5H2,1-2H3,(H,12,13). The highest BCUT2D eigenvalue weighted by molar-refractivity contribution is 5.86. The molecule has 0 aromatic carbocycles. The Labute approximate surface area is 81.5 Å². The summed E-state index contributed by atoms with van der Waals surface area (Å²) in [4.78, 5) is 10.6. The number of nitrogens with zero attached hydrogens (tertiary/aromatic N) is 3. The van der Waals surface area contributed by atoms with Crippen LogP contribution in [0.2, 0.25) is 0 Å². The number of ether oxygens (including phenoxy) is 1. The summed E-state index contributed by atoms with van der Waals surface area (Å²) >= 11 is 0. The van der Waals surface area contributed by atoms with Crippen LogP contribution >= 0.6 is 0 Å². The first-order valence-electron chi connectivity index (χ1n) is 4.38. The van der Waals surface area contributed by atoms with E-state index in [0.717, 1.165) is 0 Å². The fourth-order valence-corrected chi connectivity index (χ4v) is 1.07. The normalized spacial score (nSPS) is 10.4. The van der Waals surface area contributed by atoms with Crippen molar-refractivity contribution in [3.8, 4) is 0 Å². The molecule has 1 rings (SSSR count). The molecule has 1 N–H and O–H groups in total. The highest BCUT2D eigenvalue weighted by Gasteiger charge is 2.14. The van der Waals surface area contributed by atoms with Gasteiger partial charge in [-0.05, 0) is 13.8 Å². The van der Waals surface area contributed by atoms with E-state index < -0.39 is 5.97 Å². The fourth-order valence-electron chi connectivity index (χ4n) is 1.07. The smallest absolute Gasteiger partial charge is 0.358 e. The first-order valence-corrected chi connectivity index (χ1v) is 4.38. The molecular formula is C8H13N3O3. The molecule has 0 bridgehead atoms. The van der Waals surface area contributed by atoms with E-state index in [1.165, 1.54) is 4.68 Å². The molecule has 1 heterocycles. The van der Waals surface area contributed by atoms with Gasteiger partial charge < -0.3 is 9.84 Å². The average Bonchev–Trinajstić information content (AvgIpc) is 2.48. The first kappa shape index (κ1) is 10.6. The maximum absolute atomic E-state index is 10.6. The molecule has 0 saturated carbocycles. The lowest BCUT2D eigenvalue weighted by Gasteiger charge is -2.02. The molecule has 1 aromatic heterocycles. The maximum Gasteiger partial charge on any atom is 0.358 e. The summed E-state index contributed by atoms with van der Waals surface area (Å²) in [5.74, 6) is -1.05. The minimum Gasteiger partial charge on any atom is -0.476 e. The van der Waals surface area contributed by atoms with Gasteiger partial charge in [0.1, 0.15) is 0 Å². The molecule has 14 heavy (non-hydrogen) atoms. The molecule has 0 fully saturated rings. The predicted octanol–water partition coefficient (Wildman–Crippen LogP) is 0.321. The van der Waals surface area contributed by atoms with Crippen molar-refractivity contribution in [3.63, 3.8) is 0 Å². The Hall–Kier alpha value is -1.43. The van der Waals surface area contributed by atoms with Crippen LogP contribution in [-0.4, -0.2) is 39.3 Å². The van der Waals surface area contributed by atoms with Crippen molar-refractivity contribution < 1.29 is 14.6 Å². The lowest BCUT2D eigenvalue weighted by atomic mass is 10.3. The van der Waals surface area contributed by atoms with Gasteiger partial charge in [0.15, 0.2) is 5.69 Å². The highest BCUT2D eigenvalue weighted by atomic mass is 16.5. The van der Waals surface area contributed by atoms with Crippen LogP contribution in [0.4, 0.5) is 0 Å². The Kier molecular flexibility index (Phi) is 3.58. The molecule has 78 valence electrons. The largest absolute Gasteiger partial charge is 0.476 e. The van der Waals surface area contributed by atoms with Gasteiger partial charge in [-0.2, -0.15) is 0 Å². The van der Waals surface area contributed by atoms with Gasteiger partial charge in [-0.1, -0.05) is 5.21 Å². The summed E-state index contributed by atoms with van der Waals surface area (Å²) in [6.07, 6.45) is 0. The van der Waals surface area contributed by atoms with E-state index >= 15 is 0 Å². The topological polar surface area (TPSA) is 77.2 Å². The van der Waals surface area contributed by atoms with Gasteiger partial charge in [0.05, 0.1) is 18.8 Å². The lowest BCUT2D eigenvalue weighted by molar-refractivity contribution is 0.0689. The van der Waals surface area contributed by atoms with Crippen LogP contribution in [-0.2, 0) is 11.3 Å². The number of carboxylic acids is 1. The third-order valence-corrected chi connectivity index (χ3v) is 1.84. The van der Waals surface area contributed by atoms with Crippen molar-refractivity contribution in [2.24, 2.45) is 0 Å². The molecule has 0 atom stereocenters. The molecule has 0 aliphatic heterocycles. The van der Waals surface area contributed by atoms with Gasteiger partial charge >= 0.3 is 5.97 Å². The maximum atomic E-state index is 10.6. The number of aromatic nitrogens is 3. The highest BCUT2D eigenvalue weighted by Crippen LogP contribution is 2.02. The molecule has 6 heteroatoms. The predicted molar refractivity (Wildman–Crippen MR) is 48.2 cm³/mol. The van der Waals surface area contributed by atoms with Crippen molar-refractivity contribution in [1.29, 1.82) is 0 Å². The minimum atomic E-state index is -1.05. The fraction of sp³-hybridized carbons (Fsp3) is 0.625. The Morgan fingerprint density at radius 1 is 1.64 bits per heavy atom. The van der Waals surface area contributed by atoms with Crippen LogP contribution in [0.5, 0.6) is 0 Å². The summed E-state index contributed by atoms with van der Waals surface area (Å²) in [6, 6.07) is 0. The van der Waals surface area contributed by atoms with Gasteiger partial charge in [-0.25, -0.2) is 9.48 Å². The van der Waals surface area contributed by atoms with E-state index in [9.17, 15) is 4.79 Å². The van der Waals surface area contributed by atoms with Crippen molar-refractivity contribution in [2.45, 2.75) is 20.4 Å². The number of aromatic carboxylic acids is 1. The molecular weight excluding hydrogens is 186 g/mol. The minimum absolute atomic E-state index is 0.00139. The Morgan fingerprint density at radius 3 is 2.86 bits per heavy atom. The lowest BCUT2D eigenvalue weighted by Crippen LogP contribution is -2.09. The second-order valence-electron chi connectivity index (χ2n) is 2.75. The first-order chi connectivity index (χ1) is 6.66. The average molecular weight is 199 g/mol. The monoisotopic (exact) mass is 199 g/mol. The quantitative estimate of drug-likeness (QED) is 0.691. The van der Waals surface area contributed by atoms with Crippen molar-refractivity contribution in [1.82, 2.24) is 15.0 Å². The molecule has 0 radical (unpaired) electrons. The third-order valence-electron chi connectivity index (χ3n) is 1.84. The zero-order chi connectivity index (χ0) is 10.6. The molecule has 0 aliphatic carbocycles. The van der Waals surface area contributed by atoms with Crippen molar-refractivity contribution in [2.75, 3.05) is 13.2 Å². The van der Waals surface area contributed by atoms with Gasteiger partial charge in [-0.3, -0.25) is 0 Å². The van der Waals surface area contributed by atoms with E-state index in [2.05, 4.69) is 10.3 Å². The Bertz CT molecular complexity index is 322. The van der Waals surface area contributed by atoms with Crippen LogP contribution in [0.3, 0.4) is 0 Å². The zero-order valence-corrected chi connectivity index (χ0v) is 8.23. The summed E-state index contributed by atoms with van der Waals surface area (Å²) in [5, 5.41) is 16.0. The van der Waals surface area contributed by atoms with E-state index in [0.29, 0.717) is 25.5 Å². The van der Waals surface area contributed by atoms with Crippen LogP contribution in [0.25, 0.3) is 0 Å². The molecule has 0 aliphatic rings. The molecule has 0 spiro atoms. The van der Waals surface area contributed by atoms with E-state index in [4.69, 9.17) is 9.84 Å². The zero-order valence-electron chi connectivity index (χ0n) is 8.23. The number of hydrogen-bond acceptors (Lipinski definition) is 4. The number of hydrogen-bond donors (Lipinski definition) is 1. The number of carbonyl (C=O) groups is 1. The van der Waals surface area contributed by atoms with E-state index in [1.54, 1.807) is 6.92 Å². The third kappa shape index (κ3) is 2.29. The molecule has 0 amide bonds. The van der Waals surface area contributed by atoms with Crippen molar-refractivity contribution in [3.05, 3.63) is 11.4 Å². The SMILES string of the molecule is CCOCCn1nnc(C(=O)O)c1C. The molecule has 0 unspecified atom stereocenters. The molecule has 1 aromatic rings.